The lowest BCUT2D eigenvalue weighted by molar-refractivity contribution is -0.128. The molecule has 0 atom stereocenters. The molecule has 72 valence electrons. The van der Waals surface area contributed by atoms with E-state index >= 15 is 0 Å². The second-order valence-electron chi connectivity index (χ2n) is 2.29. The smallest absolute Gasteiger partial charge is 0.274 e. The summed E-state index contributed by atoms with van der Waals surface area (Å²) in [6, 6.07) is 0. The lowest BCUT2D eigenvalue weighted by Gasteiger charge is -2.17. The highest BCUT2D eigenvalue weighted by molar-refractivity contribution is 7.86. The molecule has 12 heavy (non-hydrogen) atoms. The van der Waals surface area contributed by atoms with Crippen molar-refractivity contribution in [1.29, 1.82) is 0 Å². The number of carbonyl (C=O) groups excluding carboxylic acids is 1. The van der Waals surface area contributed by atoms with Crippen LogP contribution in [0.3, 0.4) is 0 Å². The van der Waals surface area contributed by atoms with Crippen LogP contribution in [0.25, 0.3) is 0 Å². The van der Waals surface area contributed by atoms with E-state index in [1.807, 2.05) is 0 Å². The van der Waals surface area contributed by atoms with Crippen LogP contribution in [-0.2, 0) is 14.9 Å². The van der Waals surface area contributed by atoms with Gasteiger partial charge in [0.2, 0.25) is 5.91 Å². The molecule has 0 radical (unpaired) electrons. The zero-order valence-corrected chi connectivity index (χ0v) is 7.97. The maximum Gasteiger partial charge on any atom is 0.274 e. The summed E-state index contributed by atoms with van der Waals surface area (Å²) in [6.45, 7) is 4.38. The van der Waals surface area contributed by atoms with Gasteiger partial charge in [0.15, 0.2) is 5.75 Å². The number of carbonyl (C=O) groups is 1. The third kappa shape index (κ3) is 4.30. The normalized spacial score (nSPS) is 11.2. The van der Waals surface area contributed by atoms with Crippen LogP contribution < -0.4 is 0 Å². The van der Waals surface area contributed by atoms with Crippen molar-refractivity contribution < 1.29 is 17.8 Å². The van der Waals surface area contributed by atoms with Crippen molar-refractivity contribution in [3.8, 4) is 0 Å². The molecule has 0 heterocycles. The van der Waals surface area contributed by atoms with Crippen LogP contribution in [0.1, 0.15) is 13.8 Å². The average Bonchev–Trinajstić information content (AvgIpc) is 1.85. The minimum atomic E-state index is -4.18. The maximum atomic E-state index is 11.0. The summed E-state index contributed by atoms with van der Waals surface area (Å²) >= 11 is 0. The van der Waals surface area contributed by atoms with Crippen molar-refractivity contribution in [2.24, 2.45) is 0 Å². The molecule has 0 saturated carbocycles. The summed E-state index contributed by atoms with van der Waals surface area (Å²) in [5, 5.41) is 0. The maximum absolute atomic E-state index is 11.0. The second-order valence-corrected chi connectivity index (χ2v) is 3.74. The van der Waals surface area contributed by atoms with E-state index in [0.717, 1.165) is 0 Å². The van der Waals surface area contributed by atoms with Crippen molar-refractivity contribution in [2.75, 3.05) is 18.8 Å². The number of amides is 1. The topological polar surface area (TPSA) is 74.7 Å². The predicted octanol–water partition coefficient (Wildman–Crippen LogP) is -0.257. The van der Waals surface area contributed by atoms with Crippen LogP contribution in [0, 0.1) is 0 Å². The molecule has 0 saturated heterocycles. The fourth-order valence-electron chi connectivity index (χ4n) is 0.824. The van der Waals surface area contributed by atoms with Crippen molar-refractivity contribution in [3.05, 3.63) is 0 Å². The Bertz CT molecular complexity index is 242. The van der Waals surface area contributed by atoms with E-state index in [-0.39, 0.29) is 0 Å². The molecule has 0 spiro atoms. The Hall–Kier alpha value is -0.620. The minimum Gasteiger partial charge on any atom is -0.342 e. The van der Waals surface area contributed by atoms with Crippen LogP contribution >= 0.6 is 0 Å². The van der Waals surface area contributed by atoms with Crippen molar-refractivity contribution in [2.45, 2.75) is 13.8 Å². The third-order valence-corrected chi connectivity index (χ3v) is 2.03. The van der Waals surface area contributed by atoms with E-state index in [4.69, 9.17) is 4.55 Å². The largest absolute Gasteiger partial charge is 0.342 e. The fourth-order valence-corrected chi connectivity index (χ4v) is 1.32. The molecule has 6 heteroatoms. The molecule has 0 aromatic heterocycles. The van der Waals surface area contributed by atoms with Gasteiger partial charge in [-0.25, -0.2) is 0 Å². The summed E-state index contributed by atoms with van der Waals surface area (Å²) in [5.74, 6) is -1.39. The Kier molecular flexibility index (Phi) is 4.19. The summed E-state index contributed by atoms with van der Waals surface area (Å²) < 4.78 is 28.9. The summed E-state index contributed by atoms with van der Waals surface area (Å²) in [5.41, 5.74) is 0. The Morgan fingerprint density at radius 3 is 2.00 bits per heavy atom. The molecule has 0 rings (SSSR count). The van der Waals surface area contributed by atoms with Crippen LogP contribution in [0.4, 0.5) is 0 Å². The molecule has 1 amide bonds. The van der Waals surface area contributed by atoms with Crippen LogP contribution in [-0.4, -0.2) is 42.6 Å². The fraction of sp³-hybridized carbons (Fsp3) is 0.833. The van der Waals surface area contributed by atoms with E-state index in [0.29, 0.717) is 13.1 Å². The highest BCUT2D eigenvalue weighted by Crippen LogP contribution is 1.92. The summed E-state index contributed by atoms with van der Waals surface area (Å²) in [7, 11) is -4.18. The molecule has 0 fully saturated rings. The van der Waals surface area contributed by atoms with Gasteiger partial charge in [-0.2, -0.15) is 8.42 Å². The monoisotopic (exact) mass is 195 g/mol. The molecule has 0 aliphatic rings. The van der Waals surface area contributed by atoms with Gasteiger partial charge >= 0.3 is 0 Å². The van der Waals surface area contributed by atoms with Crippen LogP contribution in [0.5, 0.6) is 0 Å². The molecule has 0 unspecified atom stereocenters. The first-order valence-electron chi connectivity index (χ1n) is 3.63. The Morgan fingerprint density at radius 1 is 1.33 bits per heavy atom. The third-order valence-electron chi connectivity index (χ3n) is 1.42. The molecular weight excluding hydrogens is 182 g/mol. The molecule has 0 aromatic rings. The average molecular weight is 195 g/mol. The van der Waals surface area contributed by atoms with E-state index in [9.17, 15) is 13.2 Å². The quantitative estimate of drug-likeness (QED) is 0.627. The highest BCUT2D eigenvalue weighted by Gasteiger charge is 2.16. The first kappa shape index (κ1) is 11.4. The molecule has 0 bridgehead atoms. The lowest BCUT2D eigenvalue weighted by atomic mass is 10.5. The Morgan fingerprint density at radius 2 is 1.75 bits per heavy atom. The molecule has 0 aliphatic carbocycles. The number of rotatable bonds is 4. The van der Waals surface area contributed by atoms with Crippen molar-refractivity contribution >= 4 is 16.0 Å². The Labute approximate surface area is 72.1 Å². The molecule has 0 aromatic carbocycles. The van der Waals surface area contributed by atoms with Crippen molar-refractivity contribution in [3.63, 3.8) is 0 Å². The standard InChI is InChI=1S/C6H13NO4S/c1-3-7(4-2)6(8)5-12(9,10)11/h3-5H2,1-2H3,(H,9,10,11). The highest BCUT2D eigenvalue weighted by atomic mass is 32.2. The first-order valence-corrected chi connectivity index (χ1v) is 5.24. The van der Waals surface area contributed by atoms with Gasteiger partial charge in [-0.1, -0.05) is 0 Å². The van der Waals surface area contributed by atoms with Gasteiger partial charge in [-0.05, 0) is 13.8 Å². The summed E-state index contributed by atoms with van der Waals surface area (Å²) in [4.78, 5) is 12.3. The van der Waals surface area contributed by atoms with Gasteiger partial charge in [-0.3, -0.25) is 9.35 Å². The Balaban J connectivity index is 4.21. The van der Waals surface area contributed by atoms with E-state index in [1.54, 1.807) is 13.8 Å². The van der Waals surface area contributed by atoms with Gasteiger partial charge < -0.3 is 4.90 Å². The van der Waals surface area contributed by atoms with Crippen LogP contribution in [0.2, 0.25) is 0 Å². The first-order chi connectivity index (χ1) is 5.40. The summed E-state index contributed by atoms with van der Waals surface area (Å²) in [6.07, 6.45) is 0. The SMILES string of the molecule is CCN(CC)C(=O)CS(=O)(=O)O. The molecule has 5 nitrogen and oxygen atoms in total. The van der Waals surface area contributed by atoms with Gasteiger partial charge in [-0.15, -0.1) is 0 Å². The predicted molar refractivity (Wildman–Crippen MR) is 44.3 cm³/mol. The molecular formula is C6H13NO4S. The van der Waals surface area contributed by atoms with E-state index in [2.05, 4.69) is 0 Å². The molecule has 1 N–H and O–H groups in total. The minimum absolute atomic E-state index is 0.449. The van der Waals surface area contributed by atoms with Gasteiger partial charge in [0.1, 0.15) is 0 Å². The van der Waals surface area contributed by atoms with Crippen molar-refractivity contribution in [1.82, 2.24) is 4.90 Å². The zero-order valence-electron chi connectivity index (χ0n) is 7.15. The zero-order chi connectivity index (χ0) is 9.78. The van der Waals surface area contributed by atoms with Gasteiger partial charge in [0.25, 0.3) is 10.1 Å². The van der Waals surface area contributed by atoms with Gasteiger partial charge in [0.05, 0.1) is 0 Å². The number of hydrogen-bond donors (Lipinski definition) is 1. The lowest BCUT2D eigenvalue weighted by Crippen LogP contribution is -2.35. The molecule has 0 aliphatic heterocycles. The van der Waals surface area contributed by atoms with E-state index < -0.39 is 21.8 Å². The second kappa shape index (κ2) is 4.42. The van der Waals surface area contributed by atoms with Gasteiger partial charge in [0, 0.05) is 13.1 Å². The van der Waals surface area contributed by atoms with Crippen LogP contribution in [0.15, 0.2) is 0 Å². The number of hydrogen-bond acceptors (Lipinski definition) is 3. The van der Waals surface area contributed by atoms with E-state index in [1.165, 1.54) is 4.90 Å². The number of nitrogens with zero attached hydrogens (tertiary/aromatic N) is 1.